The Labute approximate surface area is 113 Å². The van der Waals surface area contributed by atoms with Crippen molar-refractivity contribution in [1.29, 1.82) is 0 Å². The Balaban J connectivity index is 3.00. The van der Waals surface area contributed by atoms with Crippen molar-refractivity contribution in [3.8, 4) is 0 Å². The molecule has 0 aliphatic rings. The van der Waals surface area contributed by atoms with Crippen LogP contribution in [0.2, 0.25) is 0 Å². The van der Waals surface area contributed by atoms with E-state index < -0.39 is 0 Å². The van der Waals surface area contributed by atoms with Gasteiger partial charge >= 0.3 is 0 Å². The van der Waals surface area contributed by atoms with Crippen LogP contribution in [0.25, 0.3) is 0 Å². The maximum Gasteiger partial charge on any atom is 0.106 e. The summed E-state index contributed by atoms with van der Waals surface area (Å²) >= 11 is 0. The van der Waals surface area contributed by atoms with Crippen molar-refractivity contribution in [2.75, 3.05) is 0 Å². The molecular weight excluding hydrogens is 220 g/mol. The molecule has 2 atom stereocenters. The highest BCUT2D eigenvalue weighted by molar-refractivity contribution is 5.22. The van der Waals surface area contributed by atoms with Crippen LogP contribution in [0.5, 0.6) is 0 Å². The second-order valence-corrected chi connectivity index (χ2v) is 5.93. The zero-order valence-corrected chi connectivity index (χ0v) is 13.0. The Morgan fingerprint density at radius 1 is 1.11 bits per heavy atom. The van der Waals surface area contributed by atoms with Crippen molar-refractivity contribution in [2.45, 2.75) is 79.1 Å². The summed E-state index contributed by atoms with van der Waals surface area (Å²) < 4.78 is 0. The maximum absolute atomic E-state index is 4.87. The average molecular weight is 250 g/mol. The van der Waals surface area contributed by atoms with Crippen molar-refractivity contribution in [3.63, 3.8) is 0 Å². The Kier molecular flexibility index (Phi) is 5.90. The second-order valence-electron chi connectivity index (χ2n) is 5.93. The minimum absolute atomic E-state index is 0.563. The minimum Gasteiger partial charge on any atom is -0.345 e. The van der Waals surface area contributed by atoms with Gasteiger partial charge in [0.2, 0.25) is 0 Å². The summed E-state index contributed by atoms with van der Waals surface area (Å²) in [5.41, 5.74) is 2.69. The first-order valence-corrected chi connectivity index (χ1v) is 7.59. The Morgan fingerprint density at radius 3 is 2.28 bits per heavy atom. The van der Waals surface area contributed by atoms with Crippen LogP contribution in [0.1, 0.15) is 89.9 Å². The molecule has 1 heterocycles. The Hall–Kier alpha value is -0.790. The van der Waals surface area contributed by atoms with E-state index in [2.05, 4.69) is 46.5 Å². The number of rotatable bonds is 7. The van der Waals surface area contributed by atoms with Crippen LogP contribution in [0, 0.1) is 5.92 Å². The van der Waals surface area contributed by atoms with Gasteiger partial charge in [-0.15, -0.1) is 0 Å². The number of imidazole rings is 1. The van der Waals surface area contributed by atoms with E-state index in [1.165, 1.54) is 30.1 Å². The molecule has 18 heavy (non-hydrogen) atoms. The number of nitrogens with zero attached hydrogens (tertiary/aromatic N) is 1. The number of nitrogens with one attached hydrogen (secondary N) is 1. The molecule has 0 aromatic carbocycles. The standard InChI is InChI=1S/C16H30N2/c1-7-9-10-14-17-15(12(5)8-2)16(18-14)13(6)11(3)4/h11-13H,7-10H2,1-6H3,(H,17,18). The lowest BCUT2D eigenvalue weighted by Crippen LogP contribution is -2.07. The molecule has 1 aromatic rings. The van der Waals surface area contributed by atoms with Crippen LogP contribution in [-0.2, 0) is 6.42 Å². The molecule has 2 nitrogen and oxygen atoms in total. The fourth-order valence-electron chi connectivity index (χ4n) is 2.17. The van der Waals surface area contributed by atoms with Gasteiger partial charge in [-0.1, -0.05) is 48.0 Å². The number of aryl methyl sites for hydroxylation is 1. The summed E-state index contributed by atoms with van der Waals surface area (Å²) in [5.74, 6) is 2.98. The monoisotopic (exact) mass is 250 g/mol. The zero-order chi connectivity index (χ0) is 13.7. The van der Waals surface area contributed by atoms with Crippen molar-refractivity contribution in [3.05, 3.63) is 17.2 Å². The van der Waals surface area contributed by atoms with E-state index in [4.69, 9.17) is 4.98 Å². The predicted octanol–water partition coefficient (Wildman–Crippen LogP) is 5.03. The van der Waals surface area contributed by atoms with E-state index in [1.807, 2.05) is 0 Å². The highest BCUT2D eigenvalue weighted by atomic mass is 14.9. The molecule has 104 valence electrons. The fourth-order valence-corrected chi connectivity index (χ4v) is 2.17. The molecule has 2 heteroatoms. The molecule has 0 bridgehead atoms. The summed E-state index contributed by atoms with van der Waals surface area (Å²) in [6.45, 7) is 13.7. The van der Waals surface area contributed by atoms with E-state index in [0.717, 1.165) is 12.8 Å². The highest BCUT2D eigenvalue weighted by Crippen LogP contribution is 2.30. The molecule has 2 unspecified atom stereocenters. The largest absolute Gasteiger partial charge is 0.345 e. The van der Waals surface area contributed by atoms with Crippen LogP contribution in [0.4, 0.5) is 0 Å². The molecule has 1 rings (SSSR count). The van der Waals surface area contributed by atoms with Gasteiger partial charge in [0, 0.05) is 18.0 Å². The van der Waals surface area contributed by atoms with E-state index >= 15 is 0 Å². The van der Waals surface area contributed by atoms with Crippen LogP contribution in [-0.4, -0.2) is 9.97 Å². The second kappa shape index (κ2) is 6.96. The van der Waals surface area contributed by atoms with Crippen LogP contribution in [0.3, 0.4) is 0 Å². The third-order valence-corrected chi connectivity index (χ3v) is 4.11. The van der Waals surface area contributed by atoms with Gasteiger partial charge in [0.15, 0.2) is 0 Å². The summed E-state index contributed by atoms with van der Waals surface area (Å²) in [7, 11) is 0. The van der Waals surface area contributed by atoms with Gasteiger partial charge in [-0.2, -0.15) is 0 Å². The third kappa shape index (κ3) is 3.60. The van der Waals surface area contributed by atoms with E-state index in [-0.39, 0.29) is 0 Å². The third-order valence-electron chi connectivity index (χ3n) is 4.11. The predicted molar refractivity (Wildman–Crippen MR) is 79.2 cm³/mol. The normalized spacial score (nSPS) is 15.1. The minimum atomic E-state index is 0.563. The van der Waals surface area contributed by atoms with Gasteiger partial charge in [-0.3, -0.25) is 0 Å². The SMILES string of the molecule is CCCCc1nc(C(C)CC)c(C(C)C(C)C)[nH]1. The lowest BCUT2D eigenvalue weighted by atomic mass is 9.90. The number of aromatic nitrogens is 2. The molecule has 1 aromatic heterocycles. The van der Waals surface area contributed by atoms with Crippen molar-refractivity contribution in [1.82, 2.24) is 9.97 Å². The van der Waals surface area contributed by atoms with Gasteiger partial charge in [0.1, 0.15) is 5.82 Å². The Morgan fingerprint density at radius 2 is 1.78 bits per heavy atom. The van der Waals surface area contributed by atoms with E-state index in [0.29, 0.717) is 17.8 Å². The van der Waals surface area contributed by atoms with E-state index in [9.17, 15) is 0 Å². The first-order chi connectivity index (χ1) is 8.51. The lowest BCUT2D eigenvalue weighted by molar-refractivity contribution is 0.515. The maximum atomic E-state index is 4.87. The first-order valence-electron chi connectivity index (χ1n) is 7.59. The molecule has 0 amide bonds. The molecule has 0 aliphatic heterocycles. The van der Waals surface area contributed by atoms with Gasteiger partial charge in [0.05, 0.1) is 5.69 Å². The smallest absolute Gasteiger partial charge is 0.106 e. The average Bonchev–Trinajstić information content (AvgIpc) is 2.78. The number of aromatic amines is 1. The van der Waals surface area contributed by atoms with Crippen LogP contribution >= 0.6 is 0 Å². The fraction of sp³-hybridized carbons (Fsp3) is 0.812. The summed E-state index contributed by atoms with van der Waals surface area (Å²) in [4.78, 5) is 8.47. The molecule has 0 aliphatic carbocycles. The quantitative estimate of drug-likeness (QED) is 0.722. The number of H-pyrrole nitrogens is 1. The van der Waals surface area contributed by atoms with Crippen molar-refractivity contribution >= 4 is 0 Å². The molecule has 1 N–H and O–H groups in total. The lowest BCUT2D eigenvalue weighted by Gasteiger charge is -2.17. The topological polar surface area (TPSA) is 28.7 Å². The van der Waals surface area contributed by atoms with Gasteiger partial charge in [0.25, 0.3) is 0 Å². The van der Waals surface area contributed by atoms with Gasteiger partial charge in [-0.05, 0) is 24.7 Å². The molecule has 0 spiro atoms. The van der Waals surface area contributed by atoms with E-state index in [1.54, 1.807) is 0 Å². The van der Waals surface area contributed by atoms with Gasteiger partial charge in [-0.25, -0.2) is 4.98 Å². The Bertz CT molecular complexity index is 352. The summed E-state index contributed by atoms with van der Waals surface area (Å²) in [6.07, 6.45) is 4.71. The van der Waals surface area contributed by atoms with Crippen LogP contribution in [0.15, 0.2) is 0 Å². The van der Waals surface area contributed by atoms with Crippen molar-refractivity contribution in [2.24, 2.45) is 5.92 Å². The first kappa shape index (κ1) is 15.3. The summed E-state index contributed by atoms with van der Waals surface area (Å²) in [6, 6.07) is 0. The molecule has 0 fully saturated rings. The number of hydrogen-bond donors (Lipinski definition) is 1. The molecular formula is C16H30N2. The zero-order valence-electron chi connectivity index (χ0n) is 13.0. The highest BCUT2D eigenvalue weighted by Gasteiger charge is 2.21. The summed E-state index contributed by atoms with van der Waals surface area (Å²) in [5, 5.41) is 0. The number of unbranched alkanes of at least 4 members (excludes halogenated alkanes) is 1. The molecule has 0 radical (unpaired) electrons. The molecule has 0 saturated carbocycles. The molecule has 0 saturated heterocycles. The van der Waals surface area contributed by atoms with Crippen LogP contribution < -0.4 is 0 Å². The van der Waals surface area contributed by atoms with Crippen molar-refractivity contribution < 1.29 is 0 Å². The van der Waals surface area contributed by atoms with Gasteiger partial charge < -0.3 is 4.98 Å². The number of hydrogen-bond acceptors (Lipinski definition) is 1.